The maximum atomic E-state index is 12.2. The zero-order valence-corrected chi connectivity index (χ0v) is 15.7. The minimum absolute atomic E-state index is 0.0283. The second-order valence-corrected chi connectivity index (χ2v) is 7.57. The van der Waals surface area contributed by atoms with Crippen molar-refractivity contribution >= 4 is 19.8 Å². The van der Waals surface area contributed by atoms with Gasteiger partial charge in [-0.05, 0) is 32.3 Å². The van der Waals surface area contributed by atoms with E-state index in [4.69, 9.17) is 9.47 Å². The molecule has 0 aliphatic rings. The smallest absolute Gasteiger partial charge is 0.311 e. The molecule has 132 valence electrons. The highest BCUT2D eigenvalue weighted by molar-refractivity contribution is 6.23. The van der Waals surface area contributed by atoms with Crippen molar-refractivity contribution in [2.24, 2.45) is 11.3 Å². The van der Waals surface area contributed by atoms with Crippen LogP contribution in [0.3, 0.4) is 0 Å². The van der Waals surface area contributed by atoms with Crippen LogP contribution in [-0.2, 0) is 19.1 Å². The van der Waals surface area contributed by atoms with Gasteiger partial charge in [0.05, 0.1) is 18.6 Å². The molecule has 0 saturated heterocycles. The number of hydrogen-bond donors (Lipinski definition) is 0. The van der Waals surface area contributed by atoms with Crippen molar-refractivity contribution in [3.05, 3.63) is 35.9 Å². The highest BCUT2D eigenvalue weighted by Crippen LogP contribution is 2.27. The van der Waals surface area contributed by atoms with Crippen molar-refractivity contribution in [2.45, 2.75) is 46.4 Å². The topological polar surface area (TPSA) is 52.6 Å². The number of rotatable bonds is 7. The number of esters is 2. The van der Waals surface area contributed by atoms with Gasteiger partial charge in [-0.3, -0.25) is 9.59 Å². The average molecular weight is 332 g/mol. The summed E-state index contributed by atoms with van der Waals surface area (Å²) >= 11 is 0. The maximum absolute atomic E-state index is 12.2. The first-order valence-electron chi connectivity index (χ1n) is 8.51. The maximum Gasteiger partial charge on any atom is 0.311 e. The summed E-state index contributed by atoms with van der Waals surface area (Å²) in [5.74, 6) is -0.629. The largest absolute Gasteiger partial charge is 0.466 e. The molecule has 0 N–H and O–H groups in total. The van der Waals surface area contributed by atoms with Gasteiger partial charge < -0.3 is 9.47 Å². The van der Waals surface area contributed by atoms with E-state index in [2.05, 4.69) is 0 Å². The predicted octanol–water partition coefficient (Wildman–Crippen LogP) is 2.98. The van der Waals surface area contributed by atoms with Crippen LogP contribution in [0.2, 0.25) is 5.82 Å². The fraction of sp³-hybridized carbons (Fsp3) is 0.579. The van der Waals surface area contributed by atoms with E-state index in [1.807, 2.05) is 72.8 Å². The molecule has 1 aromatic rings. The van der Waals surface area contributed by atoms with Crippen molar-refractivity contribution in [3.8, 4) is 0 Å². The molecule has 1 rings (SSSR count). The van der Waals surface area contributed by atoms with Gasteiger partial charge in [0.15, 0.2) is 0 Å². The molecule has 0 aromatic heterocycles. The lowest BCUT2D eigenvalue weighted by Gasteiger charge is -2.21. The van der Waals surface area contributed by atoms with Crippen LogP contribution >= 0.6 is 0 Å². The molecule has 0 bridgehead atoms. The van der Waals surface area contributed by atoms with Gasteiger partial charge in [-0.15, -0.1) is 0 Å². The molecule has 0 heterocycles. The predicted molar refractivity (Wildman–Crippen MR) is 97.7 cm³/mol. The summed E-state index contributed by atoms with van der Waals surface area (Å²) in [4.78, 5) is 24.0. The van der Waals surface area contributed by atoms with Crippen molar-refractivity contribution in [2.75, 3.05) is 13.2 Å². The van der Waals surface area contributed by atoms with Gasteiger partial charge >= 0.3 is 11.9 Å². The third-order valence-corrected chi connectivity index (χ3v) is 4.07. The molecule has 3 atom stereocenters. The standard InChI is InChI=1S/C19H29BO4/c1-13(12-24-18(22)19(3,4)5)11-23-17(21)16(20)14(2)15-9-7-6-8-10-15/h6-10,13-14,16H,11-12,20H2,1-5H3. The second-order valence-electron chi connectivity index (χ2n) is 7.57. The van der Waals surface area contributed by atoms with Crippen LogP contribution in [0, 0.1) is 11.3 Å². The van der Waals surface area contributed by atoms with Crippen molar-refractivity contribution in [3.63, 3.8) is 0 Å². The molecule has 0 aliphatic heterocycles. The summed E-state index contributed by atoms with van der Waals surface area (Å²) in [6, 6.07) is 9.93. The quantitative estimate of drug-likeness (QED) is 0.569. The zero-order chi connectivity index (χ0) is 18.3. The Labute approximate surface area is 146 Å². The van der Waals surface area contributed by atoms with Crippen LogP contribution in [-0.4, -0.2) is 33.0 Å². The van der Waals surface area contributed by atoms with E-state index in [-0.39, 0.29) is 42.8 Å². The normalized spacial score (nSPS) is 15.2. The third kappa shape index (κ3) is 6.38. The lowest BCUT2D eigenvalue weighted by atomic mass is 9.74. The number of carbonyl (C=O) groups excluding carboxylic acids is 2. The Morgan fingerprint density at radius 1 is 1.04 bits per heavy atom. The Morgan fingerprint density at radius 3 is 2.12 bits per heavy atom. The first kappa shape index (κ1) is 20.3. The highest BCUT2D eigenvalue weighted by atomic mass is 16.5. The molecule has 1 aromatic carbocycles. The van der Waals surface area contributed by atoms with E-state index in [0.717, 1.165) is 5.56 Å². The molecule has 0 fully saturated rings. The second kappa shape index (κ2) is 8.90. The van der Waals surface area contributed by atoms with Gasteiger partial charge in [-0.25, -0.2) is 0 Å². The molecular weight excluding hydrogens is 303 g/mol. The van der Waals surface area contributed by atoms with Crippen LogP contribution in [0.25, 0.3) is 0 Å². The lowest BCUT2D eigenvalue weighted by molar-refractivity contribution is -0.155. The summed E-state index contributed by atoms with van der Waals surface area (Å²) in [6.45, 7) is 9.87. The number of carbonyl (C=O) groups is 2. The molecule has 0 spiro atoms. The molecule has 3 unspecified atom stereocenters. The Balaban J connectivity index is 2.41. The summed E-state index contributed by atoms with van der Waals surface area (Å²) in [5, 5.41) is 0. The summed E-state index contributed by atoms with van der Waals surface area (Å²) in [7, 11) is 1.88. The van der Waals surface area contributed by atoms with Gasteiger partial charge in [0.25, 0.3) is 0 Å². The Bertz CT molecular complexity index is 536. The molecule has 4 nitrogen and oxygen atoms in total. The van der Waals surface area contributed by atoms with E-state index in [0.29, 0.717) is 0 Å². The number of ether oxygens (including phenoxy) is 2. The first-order valence-corrected chi connectivity index (χ1v) is 8.51. The zero-order valence-electron chi connectivity index (χ0n) is 15.7. The SMILES string of the molecule is BC(C(=O)OCC(C)COC(=O)C(C)(C)C)C(C)c1ccccc1. The van der Waals surface area contributed by atoms with Crippen molar-refractivity contribution in [1.29, 1.82) is 0 Å². The van der Waals surface area contributed by atoms with Crippen LogP contribution in [0.1, 0.15) is 46.1 Å². The number of benzene rings is 1. The van der Waals surface area contributed by atoms with Crippen LogP contribution < -0.4 is 0 Å². The fourth-order valence-corrected chi connectivity index (χ4v) is 2.09. The monoisotopic (exact) mass is 332 g/mol. The first-order chi connectivity index (χ1) is 11.1. The van der Waals surface area contributed by atoms with Gasteiger partial charge in [0.2, 0.25) is 0 Å². The van der Waals surface area contributed by atoms with E-state index in [1.165, 1.54) is 0 Å². The summed E-state index contributed by atoms with van der Waals surface area (Å²) in [5.41, 5.74) is 0.602. The highest BCUT2D eigenvalue weighted by Gasteiger charge is 2.25. The average Bonchev–Trinajstić information content (AvgIpc) is 2.55. The lowest BCUT2D eigenvalue weighted by Crippen LogP contribution is -2.27. The summed E-state index contributed by atoms with van der Waals surface area (Å²) in [6.07, 6.45) is 0. The Kier molecular flexibility index (Phi) is 7.52. The van der Waals surface area contributed by atoms with Gasteiger partial charge in [-0.2, -0.15) is 0 Å². The van der Waals surface area contributed by atoms with E-state index >= 15 is 0 Å². The molecule has 0 aliphatic carbocycles. The molecule has 5 heteroatoms. The van der Waals surface area contributed by atoms with E-state index in [9.17, 15) is 9.59 Å². The number of hydrogen-bond acceptors (Lipinski definition) is 4. The Morgan fingerprint density at radius 2 is 1.58 bits per heavy atom. The van der Waals surface area contributed by atoms with Crippen LogP contribution in [0.5, 0.6) is 0 Å². The van der Waals surface area contributed by atoms with Gasteiger partial charge in [0, 0.05) is 11.7 Å². The van der Waals surface area contributed by atoms with Crippen molar-refractivity contribution in [1.82, 2.24) is 0 Å². The molecular formula is C19H29BO4. The molecule has 0 saturated carbocycles. The third-order valence-electron chi connectivity index (χ3n) is 4.07. The molecule has 0 amide bonds. The Hall–Kier alpha value is -1.78. The van der Waals surface area contributed by atoms with Gasteiger partial charge in [-0.1, -0.05) is 44.2 Å². The van der Waals surface area contributed by atoms with Crippen LogP contribution in [0.15, 0.2) is 30.3 Å². The minimum atomic E-state index is -0.518. The van der Waals surface area contributed by atoms with Gasteiger partial charge in [0.1, 0.15) is 7.85 Å². The minimum Gasteiger partial charge on any atom is -0.466 e. The van der Waals surface area contributed by atoms with Crippen molar-refractivity contribution < 1.29 is 19.1 Å². The fourth-order valence-electron chi connectivity index (χ4n) is 2.09. The van der Waals surface area contributed by atoms with Crippen LogP contribution in [0.4, 0.5) is 0 Å². The summed E-state index contributed by atoms with van der Waals surface area (Å²) < 4.78 is 10.6. The molecule has 24 heavy (non-hydrogen) atoms. The molecule has 0 radical (unpaired) electrons. The van der Waals surface area contributed by atoms with E-state index in [1.54, 1.807) is 0 Å². The van der Waals surface area contributed by atoms with E-state index < -0.39 is 5.41 Å².